The van der Waals surface area contributed by atoms with Crippen molar-refractivity contribution in [2.24, 2.45) is 0 Å². The first-order valence-electron chi connectivity index (χ1n) is 7.27. The van der Waals surface area contributed by atoms with Gasteiger partial charge in [-0.2, -0.15) is 0 Å². The maximum atomic E-state index is 14.5. The molecule has 0 atom stereocenters. The summed E-state index contributed by atoms with van der Waals surface area (Å²) in [6, 6.07) is 7.31. The molecule has 0 aliphatic rings. The van der Waals surface area contributed by atoms with Gasteiger partial charge < -0.3 is 0 Å². The summed E-state index contributed by atoms with van der Waals surface area (Å²) in [5.74, 6) is -1.45. The Hall–Kier alpha value is -0.566. The van der Waals surface area contributed by atoms with Gasteiger partial charge in [-0.15, -0.1) is 22.7 Å². The van der Waals surface area contributed by atoms with Crippen LogP contribution in [0.1, 0.15) is 9.75 Å². The molecule has 0 unspecified atom stereocenters. The fraction of sp³-hybridized carbons (Fsp3) is 0.375. The first-order valence-corrected chi connectivity index (χ1v) is 15.9. The SMILES string of the molecule is C[Si](C)(C)c1ccc(/C(F)=C(\F)c2ccc([Si](C)(C)C)s2)s1. The highest BCUT2D eigenvalue weighted by Gasteiger charge is 2.23. The highest BCUT2D eigenvalue weighted by atomic mass is 32.1. The number of thiophene rings is 2. The third-order valence-corrected chi connectivity index (χ3v) is 12.7. The van der Waals surface area contributed by atoms with Gasteiger partial charge in [0.15, 0.2) is 11.7 Å². The molecule has 0 N–H and O–H groups in total. The molecule has 0 radical (unpaired) electrons. The Balaban J connectivity index is 2.37. The fourth-order valence-electron chi connectivity index (χ4n) is 1.93. The molecule has 0 nitrogen and oxygen atoms in total. The average Bonchev–Trinajstić information content (AvgIpc) is 3.04. The van der Waals surface area contributed by atoms with Crippen molar-refractivity contribution in [3.63, 3.8) is 0 Å². The van der Waals surface area contributed by atoms with E-state index in [2.05, 4.69) is 39.3 Å². The largest absolute Gasteiger partial charge is 0.202 e. The van der Waals surface area contributed by atoms with Crippen molar-refractivity contribution in [3.05, 3.63) is 34.0 Å². The summed E-state index contributed by atoms with van der Waals surface area (Å²) in [4.78, 5) is 0.802. The smallest absolute Gasteiger partial charge is 0.177 e. The summed E-state index contributed by atoms with van der Waals surface area (Å²) in [6.07, 6.45) is 0. The van der Waals surface area contributed by atoms with Gasteiger partial charge in [-0.1, -0.05) is 51.4 Å². The summed E-state index contributed by atoms with van der Waals surface area (Å²) in [7, 11) is -2.96. The van der Waals surface area contributed by atoms with Gasteiger partial charge in [0.2, 0.25) is 0 Å². The molecule has 2 heterocycles. The lowest BCUT2D eigenvalue weighted by Gasteiger charge is -2.12. The summed E-state index contributed by atoms with van der Waals surface area (Å²) in [5.41, 5.74) is 0. The molecule has 2 aromatic rings. The molecule has 0 aromatic carbocycles. The Bertz CT molecular complexity index is 640. The Morgan fingerprint density at radius 2 is 1.00 bits per heavy atom. The van der Waals surface area contributed by atoms with Gasteiger partial charge >= 0.3 is 0 Å². The van der Waals surface area contributed by atoms with Crippen molar-refractivity contribution < 1.29 is 8.78 Å². The van der Waals surface area contributed by atoms with Crippen LogP contribution in [0.25, 0.3) is 11.7 Å². The minimum atomic E-state index is -1.48. The van der Waals surface area contributed by atoms with E-state index >= 15 is 0 Å². The Kier molecular flexibility index (Phi) is 4.97. The standard InChI is InChI=1S/C16H22F2S2Si2/c1-21(2,3)13-9-7-11(19-13)15(17)16(18)12-8-10-14(20-12)22(4,5)6/h7-10H,1-6H3/b16-15+. The minimum Gasteiger partial charge on any atom is -0.202 e. The van der Waals surface area contributed by atoms with E-state index in [-0.39, 0.29) is 0 Å². The van der Waals surface area contributed by atoms with E-state index in [4.69, 9.17) is 0 Å². The van der Waals surface area contributed by atoms with Crippen LogP contribution in [-0.4, -0.2) is 16.1 Å². The first-order chi connectivity index (χ1) is 10.00. The van der Waals surface area contributed by atoms with E-state index in [1.54, 1.807) is 12.1 Å². The molecule has 2 rings (SSSR count). The Morgan fingerprint density at radius 3 is 1.23 bits per heavy atom. The van der Waals surface area contributed by atoms with Crippen molar-refractivity contribution in [2.75, 3.05) is 0 Å². The van der Waals surface area contributed by atoms with Crippen LogP contribution in [-0.2, 0) is 0 Å². The second-order valence-corrected chi connectivity index (χ2v) is 20.4. The molecule has 0 amide bonds. The molecule has 6 heteroatoms. The molecular formula is C16H22F2S2Si2. The topological polar surface area (TPSA) is 0 Å². The minimum absolute atomic E-state index is 0.401. The van der Waals surface area contributed by atoms with E-state index in [1.165, 1.54) is 31.7 Å². The molecule has 120 valence electrons. The third kappa shape index (κ3) is 3.85. The van der Waals surface area contributed by atoms with Gasteiger partial charge in [-0.3, -0.25) is 0 Å². The number of hydrogen-bond donors (Lipinski definition) is 0. The van der Waals surface area contributed by atoms with Crippen molar-refractivity contribution >= 4 is 59.5 Å². The molecule has 2 aromatic heterocycles. The maximum Gasteiger partial charge on any atom is 0.177 e. The van der Waals surface area contributed by atoms with Gasteiger partial charge in [0.1, 0.15) is 0 Å². The molecule has 0 saturated carbocycles. The summed E-state index contributed by atoms with van der Waals surface area (Å²) in [5, 5.41) is 0. The van der Waals surface area contributed by atoms with Crippen LogP contribution < -0.4 is 9.00 Å². The van der Waals surface area contributed by atoms with Crippen molar-refractivity contribution in [3.8, 4) is 0 Å². The van der Waals surface area contributed by atoms with Crippen LogP contribution in [0.2, 0.25) is 39.3 Å². The Labute approximate surface area is 141 Å². The van der Waals surface area contributed by atoms with Crippen LogP contribution >= 0.6 is 22.7 Å². The number of rotatable bonds is 4. The van der Waals surface area contributed by atoms with Crippen LogP contribution in [0.5, 0.6) is 0 Å². The van der Waals surface area contributed by atoms with E-state index < -0.39 is 27.8 Å². The van der Waals surface area contributed by atoms with Gasteiger partial charge in [-0.25, -0.2) is 8.78 Å². The predicted molar refractivity (Wildman–Crippen MR) is 104 cm³/mol. The second-order valence-electron chi connectivity index (χ2n) is 7.46. The summed E-state index contributed by atoms with van der Waals surface area (Å²) < 4.78 is 31.3. The van der Waals surface area contributed by atoms with E-state index in [0.717, 1.165) is 0 Å². The van der Waals surface area contributed by atoms with Crippen molar-refractivity contribution in [2.45, 2.75) is 39.3 Å². The zero-order valence-electron chi connectivity index (χ0n) is 13.9. The molecule has 0 saturated heterocycles. The average molecular weight is 373 g/mol. The van der Waals surface area contributed by atoms with Crippen LogP contribution in [0, 0.1) is 0 Å². The van der Waals surface area contributed by atoms with Crippen LogP contribution in [0.4, 0.5) is 8.78 Å². The predicted octanol–water partition coefficient (Wildman–Crippen LogP) is 5.66. The van der Waals surface area contributed by atoms with E-state index in [0.29, 0.717) is 9.75 Å². The van der Waals surface area contributed by atoms with Crippen LogP contribution in [0.3, 0.4) is 0 Å². The lowest BCUT2D eigenvalue weighted by Crippen LogP contribution is -2.34. The Morgan fingerprint density at radius 1 is 0.682 bits per heavy atom. The molecule has 0 fully saturated rings. The fourth-order valence-corrected chi connectivity index (χ4v) is 7.59. The lowest BCUT2D eigenvalue weighted by molar-refractivity contribution is 0.705. The quantitative estimate of drug-likeness (QED) is 0.607. The van der Waals surface area contributed by atoms with Gasteiger partial charge in [0.25, 0.3) is 0 Å². The van der Waals surface area contributed by atoms with Crippen LogP contribution in [0.15, 0.2) is 24.3 Å². The third-order valence-electron chi connectivity index (χ3n) is 3.32. The summed E-state index contributed by atoms with van der Waals surface area (Å²) in [6.45, 7) is 13.3. The summed E-state index contributed by atoms with van der Waals surface area (Å²) >= 11 is 2.77. The van der Waals surface area contributed by atoms with Gasteiger partial charge in [0.05, 0.1) is 25.9 Å². The highest BCUT2D eigenvalue weighted by Crippen LogP contribution is 2.33. The van der Waals surface area contributed by atoms with Gasteiger partial charge in [-0.05, 0) is 21.1 Å². The van der Waals surface area contributed by atoms with Gasteiger partial charge in [0, 0.05) is 0 Å². The number of halogens is 2. The van der Waals surface area contributed by atoms with E-state index in [9.17, 15) is 8.78 Å². The molecule has 0 aliphatic carbocycles. The maximum absolute atomic E-state index is 14.5. The molecule has 0 bridgehead atoms. The zero-order valence-corrected chi connectivity index (χ0v) is 17.5. The second kappa shape index (κ2) is 6.15. The number of hydrogen-bond acceptors (Lipinski definition) is 2. The first kappa shape index (κ1) is 17.8. The molecule has 22 heavy (non-hydrogen) atoms. The normalized spacial score (nSPS) is 14.2. The lowest BCUT2D eigenvalue weighted by atomic mass is 10.3. The van der Waals surface area contributed by atoms with Crippen molar-refractivity contribution in [1.82, 2.24) is 0 Å². The molecular weight excluding hydrogens is 350 g/mol. The zero-order chi connectivity index (χ0) is 16.7. The highest BCUT2D eigenvalue weighted by molar-refractivity contribution is 7.28. The molecule has 0 spiro atoms. The van der Waals surface area contributed by atoms with Crippen molar-refractivity contribution in [1.29, 1.82) is 0 Å². The van der Waals surface area contributed by atoms with E-state index in [1.807, 2.05) is 12.1 Å². The monoisotopic (exact) mass is 372 g/mol. The molecule has 0 aliphatic heterocycles.